The second-order valence-corrected chi connectivity index (χ2v) is 15.9. The normalized spacial score (nSPS) is 15.0. The molecule has 0 spiro atoms. The molecule has 0 aliphatic heterocycles. The second-order valence-electron chi connectivity index (χ2n) is 9.99. The van der Waals surface area contributed by atoms with Gasteiger partial charge in [-0.05, 0) is 69.0 Å². The zero-order valence-electron chi connectivity index (χ0n) is 21.3. The number of rotatable bonds is 4. The van der Waals surface area contributed by atoms with Crippen LogP contribution in [0.1, 0.15) is 46.6 Å². The number of benzene rings is 1. The van der Waals surface area contributed by atoms with Crippen molar-refractivity contribution in [3.8, 4) is 19.5 Å². The number of carbonyl (C=O) groups is 1. The summed E-state index contributed by atoms with van der Waals surface area (Å²) in [6, 6.07) is 30.4. The summed E-state index contributed by atoms with van der Waals surface area (Å²) in [5.74, 6) is 0.135. The Kier molecular flexibility index (Phi) is 5.46. The van der Waals surface area contributed by atoms with Gasteiger partial charge in [0.15, 0.2) is 5.78 Å². The van der Waals surface area contributed by atoms with Gasteiger partial charge >= 0.3 is 0 Å². The maximum atomic E-state index is 14.4. The van der Waals surface area contributed by atoms with Crippen LogP contribution in [0.25, 0.3) is 30.7 Å². The van der Waals surface area contributed by atoms with Gasteiger partial charge in [-0.1, -0.05) is 48.5 Å². The zero-order chi connectivity index (χ0) is 27.1. The van der Waals surface area contributed by atoms with Crippen LogP contribution in [0.2, 0.25) is 0 Å². The van der Waals surface area contributed by atoms with Gasteiger partial charge in [0.1, 0.15) is 5.41 Å². The van der Waals surface area contributed by atoms with Crippen molar-refractivity contribution in [2.45, 2.75) is 5.41 Å². The number of allylic oxidation sites excluding steroid dienone is 1. The van der Waals surface area contributed by atoms with Crippen LogP contribution in [0.4, 0.5) is 0 Å². The molecule has 6 aromatic heterocycles. The van der Waals surface area contributed by atoms with Gasteiger partial charge in [0.2, 0.25) is 0 Å². The SMILES string of the molecule is O=C1C2=C(c3ccccc31)c1cc(-c3cccs3)sc1C(c1cccs1)(c1cccs1)c1sc(-c3cccs3)cc12. The van der Waals surface area contributed by atoms with Crippen molar-refractivity contribution in [2.75, 3.05) is 0 Å². The minimum absolute atomic E-state index is 0.135. The highest BCUT2D eigenvalue weighted by atomic mass is 32.1. The quantitative estimate of drug-likeness (QED) is 0.188. The van der Waals surface area contributed by atoms with E-state index in [4.69, 9.17) is 0 Å². The molecule has 1 aromatic carbocycles. The Morgan fingerprint density at radius 2 is 0.976 bits per heavy atom. The maximum Gasteiger partial charge on any atom is 0.194 e. The van der Waals surface area contributed by atoms with E-state index in [2.05, 4.69) is 94.3 Å². The number of thiophene rings is 6. The van der Waals surface area contributed by atoms with Crippen molar-refractivity contribution in [2.24, 2.45) is 0 Å². The molecule has 6 heterocycles. The largest absolute Gasteiger partial charge is 0.289 e. The number of hydrogen-bond acceptors (Lipinski definition) is 7. The fraction of sp³-hybridized carbons (Fsp3) is 0.0294. The van der Waals surface area contributed by atoms with Gasteiger partial charge in [-0.25, -0.2) is 0 Å². The summed E-state index contributed by atoms with van der Waals surface area (Å²) in [5, 5.41) is 8.67. The molecular weight excluding hydrogens is 617 g/mol. The molecule has 0 unspecified atom stereocenters. The van der Waals surface area contributed by atoms with Crippen molar-refractivity contribution in [3.63, 3.8) is 0 Å². The summed E-state index contributed by atoms with van der Waals surface area (Å²) >= 11 is 10.9. The lowest BCUT2D eigenvalue weighted by Crippen LogP contribution is -2.28. The van der Waals surface area contributed by atoms with E-state index < -0.39 is 5.41 Å². The Morgan fingerprint density at radius 1 is 0.463 bits per heavy atom. The lowest BCUT2D eigenvalue weighted by Gasteiger charge is -2.32. The summed E-state index contributed by atoms with van der Waals surface area (Å²) in [6.45, 7) is 0. The lowest BCUT2D eigenvalue weighted by atomic mass is 9.78. The van der Waals surface area contributed by atoms with E-state index in [0.29, 0.717) is 0 Å². The average molecular weight is 635 g/mol. The predicted molar refractivity (Wildman–Crippen MR) is 180 cm³/mol. The summed E-state index contributed by atoms with van der Waals surface area (Å²) in [4.78, 5) is 24.6. The summed E-state index contributed by atoms with van der Waals surface area (Å²) in [6.07, 6.45) is 0. The van der Waals surface area contributed by atoms with E-state index in [1.54, 1.807) is 22.7 Å². The molecule has 196 valence electrons. The van der Waals surface area contributed by atoms with E-state index in [0.717, 1.165) is 27.8 Å². The van der Waals surface area contributed by atoms with Crippen LogP contribution in [0.5, 0.6) is 0 Å². The first kappa shape index (κ1) is 24.4. The third-order valence-electron chi connectivity index (χ3n) is 7.91. The Morgan fingerprint density at radius 3 is 1.49 bits per heavy atom. The molecule has 7 heteroatoms. The molecule has 0 N–H and O–H groups in total. The molecule has 0 radical (unpaired) electrons. The van der Waals surface area contributed by atoms with Crippen LogP contribution in [0, 0.1) is 0 Å². The van der Waals surface area contributed by atoms with Gasteiger partial charge in [-0.3, -0.25) is 4.79 Å². The first-order chi connectivity index (χ1) is 20.2. The van der Waals surface area contributed by atoms with Crippen molar-refractivity contribution >= 4 is 85.0 Å². The molecule has 0 saturated heterocycles. The standard InChI is InChI=1S/C34H18OS6/c35-31-20-8-2-1-7-19(20)29-21-17-25(23-9-3-13-36-23)40-32(21)34(27-11-5-15-38-27,28-12-6-16-39-28)33-22(30(29)31)18-26(41-33)24-10-4-14-37-24/h1-18H. The van der Waals surface area contributed by atoms with Gasteiger partial charge in [-0.15, -0.1) is 68.0 Å². The van der Waals surface area contributed by atoms with Crippen LogP contribution in [-0.4, -0.2) is 5.78 Å². The van der Waals surface area contributed by atoms with Gasteiger partial charge in [-0.2, -0.15) is 0 Å². The van der Waals surface area contributed by atoms with E-state index >= 15 is 0 Å². The molecule has 0 saturated carbocycles. The molecular formula is C34H18OS6. The van der Waals surface area contributed by atoms with Crippen LogP contribution in [0.15, 0.2) is 106 Å². The molecule has 0 amide bonds. The lowest BCUT2D eigenvalue weighted by molar-refractivity contribution is 0.105. The monoisotopic (exact) mass is 634 g/mol. The number of carbonyl (C=O) groups excluding carboxylic acids is 1. The van der Waals surface area contributed by atoms with Gasteiger partial charge < -0.3 is 0 Å². The smallest absolute Gasteiger partial charge is 0.194 e. The summed E-state index contributed by atoms with van der Waals surface area (Å²) in [7, 11) is 0. The average Bonchev–Trinajstić information content (AvgIpc) is 3.85. The number of fused-ring (bicyclic) bond motifs is 6. The van der Waals surface area contributed by atoms with Crippen molar-refractivity contribution in [1.82, 2.24) is 0 Å². The van der Waals surface area contributed by atoms with Crippen molar-refractivity contribution in [1.29, 1.82) is 0 Å². The minimum atomic E-state index is -0.507. The Bertz CT molecular complexity index is 2060. The highest BCUT2D eigenvalue weighted by Crippen LogP contribution is 2.62. The number of hydrogen-bond donors (Lipinski definition) is 0. The second kappa shape index (κ2) is 9.16. The van der Waals surface area contributed by atoms with Crippen LogP contribution < -0.4 is 0 Å². The van der Waals surface area contributed by atoms with E-state index in [9.17, 15) is 4.79 Å². The van der Waals surface area contributed by atoms with Crippen LogP contribution in [0.3, 0.4) is 0 Å². The molecule has 0 atom stereocenters. The zero-order valence-corrected chi connectivity index (χ0v) is 26.1. The molecule has 9 rings (SSSR count). The molecule has 0 fully saturated rings. The Labute approximate surface area is 261 Å². The Hall–Kier alpha value is -3.17. The molecule has 7 aromatic rings. The molecule has 2 aliphatic carbocycles. The van der Waals surface area contributed by atoms with Gasteiger partial charge in [0.05, 0.1) is 0 Å². The summed E-state index contributed by atoms with van der Waals surface area (Å²) < 4.78 is 0. The fourth-order valence-electron chi connectivity index (χ4n) is 6.27. The van der Waals surface area contributed by atoms with Crippen molar-refractivity contribution in [3.05, 3.63) is 148 Å². The fourth-order valence-corrected chi connectivity index (χ4v) is 13.0. The molecule has 41 heavy (non-hydrogen) atoms. The van der Waals surface area contributed by atoms with Gasteiger partial charge in [0, 0.05) is 61.3 Å². The number of ketones is 1. The molecule has 1 nitrogen and oxygen atoms in total. The van der Waals surface area contributed by atoms with Crippen molar-refractivity contribution < 1.29 is 4.79 Å². The maximum absolute atomic E-state index is 14.4. The number of Topliss-reactive ketones (excluding diaryl/α,β-unsaturated/α-hetero) is 1. The molecule has 0 bridgehead atoms. The minimum Gasteiger partial charge on any atom is -0.289 e. The highest BCUT2D eigenvalue weighted by molar-refractivity contribution is 7.23. The van der Waals surface area contributed by atoms with Gasteiger partial charge in [0.25, 0.3) is 0 Å². The molecule has 2 aliphatic rings. The first-order valence-corrected chi connectivity index (χ1v) is 18.2. The topological polar surface area (TPSA) is 17.1 Å². The third-order valence-corrected chi connectivity index (χ3v) is 14.5. The highest BCUT2D eigenvalue weighted by Gasteiger charge is 2.51. The van der Waals surface area contributed by atoms with E-state index in [1.807, 2.05) is 57.5 Å². The van der Waals surface area contributed by atoms with E-state index in [1.165, 1.54) is 44.6 Å². The third kappa shape index (κ3) is 3.33. The summed E-state index contributed by atoms with van der Waals surface area (Å²) in [5.41, 5.74) is 5.56. The van der Waals surface area contributed by atoms with Crippen LogP contribution in [-0.2, 0) is 5.41 Å². The van der Waals surface area contributed by atoms with Crippen LogP contribution >= 0.6 is 68.0 Å². The first-order valence-electron chi connectivity index (χ1n) is 13.1. The van der Waals surface area contributed by atoms with E-state index in [-0.39, 0.29) is 5.78 Å². The predicted octanol–water partition coefficient (Wildman–Crippen LogP) is 11.2. The Balaban J connectivity index is 1.49.